The highest BCUT2D eigenvalue weighted by atomic mass is 19.4. The molecular weight excluding hydrogens is 295 g/mol. The molecule has 2 rings (SSSR count). The van der Waals surface area contributed by atoms with Gasteiger partial charge in [-0.2, -0.15) is 13.2 Å². The molecule has 2 aromatic carbocycles. The Hall–Kier alpha value is -2.50. The first kappa shape index (κ1) is 15.9. The maximum absolute atomic E-state index is 13.2. The standard InChI is InChI=1S/C16H14F3NO2/c1-2-15(21)20-11-8-9-14(13(10-11)16(17,18)19)22-12-6-4-3-5-7-12/h3-10H,2H2,1H3,(H,20,21). The van der Waals surface area contributed by atoms with E-state index in [1.54, 1.807) is 37.3 Å². The molecule has 0 fully saturated rings. The van der Waals surface area contributed by atoms with Gasteiger partial charge in [-0.3, -0.25) is 4.79 Å². The van der Waals surface area contributed by atoms with Crippen molar-refractivity contribution in [2.45, 2.75) is 19.5 Å². The smallest absolute Gasteiger partial charge is 0.420 e. The van der Waals surface area contributed by atoms with Crippen LogP contribution in [0.4, 0.5) is 18.9 Å². The van der Waals surface area contributed by atoms with E-state index in [1.165, 1.54) is 12.1 Å². The van der Waals surface area contributed by atoms with Crippen molar-refractivity contribution in [3.05, 3.63) is 54.1 Å². The van der Waals surface area contributed by atoms with E-state index in [-0.39, 0.29) is 23.8 Å². The van der Waals surface area contributed by atoms with Gasteiger partial charge in [0.2, 0.25) is 5.91 Å². The van der Waals surface area contributed by atoms with Gasteiger partial charge >= 0.3 is 6.18 Å². The number of nitrogens with one attached hydrogen (secondary N) is 1. The van der Waals surface area contributed by atoms with Gasteiger partial charge in [-0.05, 0) is 30.3 Å². The van der Waals surface area contributed by atoms with E-state index in [9.17, 15) is 18.0 Å². The Morgan fingerprint density at radius 3 is 2.41 bits per heavy atom. The fraction of sp³-hybridized carbons (Fsp3) is 0.188. The minimum atomic E-state index is -4.59. The van der Waals surface area contributed by atoms with Crippen LogP contribution in [-0.4, -0.2) is 5.91 Å². The van der Waals surface area contributed by atoms with E-state index in [2.05, 4.69) is 5.32 Å². The normalized spacial score (nSPS) is 11.1. The molecule has 0 radical (unpaired) electrons. The minimum Gasteiger partial charge on any atom is -0.457 e. The average molecular weight is 309 g/mol. The van der Waals surface area contributed by atoms with Crippen molar-refractivity contribution in [3.63, 3.8) is 0 Å². The fourth-order valence-electron chi connectivity index (χ4n) is 1.78. The van der Waals surface area contributed by atoms with Gasteiger partial charge in [-0.15, -0.1) is 0 Å². The number of carbonyl (C=O) groups is 1. The summed E-state index contributed by atoms with van der Waals surface area (Å²) in [7, 11) is 0. The molecule has 2 aromatic rings. The summed E-state index contributed by atoms with van der Waals surface area (Å²) >= 11 is 0. The minimum absolute atomic E-state index is 0.0830. The molecule has 0 atom stereocenters. The van der Waals surface area contributed by atoms with Crippen molar-refractivity contribution >= 4 is 11.6 Å². The molecule has 3 nitrogen and oxygen atoms in total. The number of carbonyl (C=O) groups excluding carboxylic acids is 1. The lowest BCUT2D eigenvalue weighted by Crippen LogP contribution is -2.12. The summed E-state index contributed by atoms with van der Waals surface area (Å²) in [6, 6.07) is 11.6. The molecule has 6 heteroatoms. The summed E-state index contributed by atoms with van der Waals surface area (Å²) in [6.07, 6.45) is -4.40. The summed E-state index contributed by atoms with van der Waals surface area (Å²) in [4.78, 5) is 11.3. The van der Waals surface area contributed by atoms with Crippen molar-refractivity contribution in [3.8, 4) is 11.5 Å². The second-order valence-electron chi connectivity index (χ2n) is 4.53. The number of alkyl halides is 3. The summed E-state index contributed by atoms with van der Waals surface area (Å²) in [6.45, 7) is 1.62. The van der Waals surface area contributed by atoms with Crippen LogP contribution in [0.5, 0.6) is 11.5 Å². The quantitative estimate of drug-likeness (QED) is 0.877. The number of rotatable bonds is 4. The van der Waals surface area contributed by atoms with Gasteiger partial charge in [0.15, 0.2) is 0 Å². The summed E-state index contributed by atoms with van der Waals surface area (Å²) in [5.74, 6) is -0.364. The van der Waals surface area contributed by atoms with Crippen LogP contribution < -0.4 is 10.1 Å². The SMILES string of the molecule is CCC(=O)Nc1ccc(Oc2ccccc2)c(C(F)(F)F)c1. The highest BCUT2D eigenvalue weighted by Gasteiger charge is 2.35. The first-order valence-electron chi connectivity index (χ1n) is 6.64. The molecule has 0 saturated carbocycles. The van der Waals surface area contributed by atoms with Gasteiger partial charge in [-0.1, -0.05) is 25.1 Å². The number of ether oxygens (including phenoxy) is 1. The molecule has 0 aromatic heterocycles. The Labute approximate surface area is 125 Å². The van der Waals surface area contributed by atoms with E-state index >= 15 is 0 Å². The van der Waals surface area contributed by atoms with Crippen LogP contribution in [0.15, 0.2) is 48.5 Å². The van der Waals surface area contributed by atoms with Gasteiger partial charge in [-0.25, -0.2) is 0 Å². The van der Waals surface area contributed by atoms with Crippen LogP contribution in [-0.2, 0) is 11.0 Å². The molecule has 0 spiro atoms. The lowest BCUT2D eigenvalue weighted by atomic mass is 10.1. The van der Waals surface area contributed by atoms with E-state index < -0.39 is 11.7 Å². The molecule has 116 valence electrons. The number of halogens is 3. The summed E-state index contributed by atoms with van der Waals surface area (Å²) in [5, 5.41) is 2.40. The second kappa shape index (κ2) is 6.51. The number of para-hydroxylation sites is 1. The maximum atomic E-state index is 13.2. The van der Waals surface area contributed by atoms with Crippen LogP contribution in [0.1, 0.15) is 18.9 Å². The molecule has 1 N–H and O–H groups in total. The Bertz CT molecular complexity index is 654. The third-order valence-corrected chi connectivity index (χ3v) is 2.86. The Kier molecular flexibility index (Phi) is 4.70. The molecule has 0 heterocycles. The number of hydrogen-bond acceptors (Lipinski definition) is 2. The average Bonchev–Trinajstić information content (AvgIpc) is 2.48. The molecule has 0 unspecified atom stereocenters. The third-order valence-electron chi connectivity index (χ3n) is 2.86. The first-order chi connectivity index (χ1) is 10.4. The molecule has 1 amide bonds. The zero-order chi connectivity index (χ0) is 16.2. The fourth-order valence-corrected chi connectivity index (χ4v) is 1.78. The molecule has 0 bridgehead atoms. The molecule has 0 aliphatic heterocycles. The van der Waals surface area contributed by atoms with Gasteiger partial charge in [0.25, 0.3) is 0 Å². The Balaban J connectivity index is 2.35. The number of benzene rings is 2. The van der Waals surface area contributed by atoms with Crippen LogP contribution in [0, 0.1) is 0 Å². The van der Waals surface area contributed by atoms with Gasteiger partial charge in [0.1, 0.15) is 17.1 Å². The number of anilines is 1. The predicted molar refractivity (Wildman–Crippen MR) is 76.9 cm³/mol. The molecule has 0 saturated heterocycles. The van der Waals surface area contributed by atoms with Crippen molar-refractivity contribution in [2.75, 3.05) is 5.32 Å². The second-order valence-corrected chi connectivity index (χ2v) is 4.53. The van der Waals surface area contributed by atoms with Crippen molar-refractivity contribution in [1.29, 1.82) is 0 Å². The van der Waals surface area contributed by atoms with Crippen molar-refractivity contribution < 1.29 is 22.7 Å². The van der Waals surface area contributed by atoms with Gasteiger partial charge in [0, 0.05) is 12.1 Å². The van der Waals surface area contributed by atoms with Crippen LogP contribution in [0.2, 0.25) is 0 Å². The van der Waals surface area contributed by atoms with Gasteiger partial charge in [0.05, 0.1) is 0 Å². The largest absolute Gasteiger partial charge is 0.457 e. The highest BCUT2D eigenvalue weighted by molar-refractivity contribution is 5.90. The Morgan fingerprint density at radius 1 is 1.14 bits per heavy atom. The lowest BCUT2D eigenvalue weighted by Gasteiger charge is -2.15. The van der Waals surface area contributed by atoms with Crippen LogP contribution >= 0.6 is 0 Å². The zero-order valence-electron chi connectivity index (χ0n) is 11.8. The van der Waals surface area contributed by atoms with E-state index in [1.807, 2.05) is 0 Å². The summed E-state index contributed by atoms with van der Waals surface area (Å²) < 4.78 is 44.8. The zero-order valence-corrected chi connectivity index (χ0v) is 11.8. The van der Waals surface area contributed by atoms with Crippen molar-refractivity contribution in [1.82, 2.24) is 0 Å². The monoisotopic (exact) mass is 309 g/mol. The number of hydrogen-bond donors (Lipinski definition) is 1. The summed E-state index contributed by atoms with van der Waals surface area (Å²) in [5.41, 5.74) is -0.857. The third kappa shape index (κ3) is 4.00. The van der Waals surface area contributed by atoms with E-state index in [0.29, 0.717) is 5.75 Å². The van der Waals surface area contributed by atoms with E-state index in [0.717, 1.165) is 6.07 Å². The van der Waals surface area contributed by atoms with Gasteiger partial charge < -0.3 is 10.1 Å². The molecule has 0 aliphatic rings. The first-order valence-corrected chi connectivity index (χ1v) is 6.64. The maximum Gasteiger partial charge on any atom is 0.420 e. The Morgan fingerprint density at radius 2 is 1.82 bits per heavy atom. The van der Waals surface area contributed by atoms with Crippen LogP contribution in [0.3, 0.4) is 0 Å². The highest BCUT2D eigenvalue weighted by Crippen LogP contribution is 2.39. The van der Waals surface area contributed by atoms with Crippen LogP contribution in [0.25, 0.3) is 0 Å². The molecule has 22 heavy (non-hydrogen) atoms. The van der Waals surface area contributed by atoms with Crippen molar-refractivity contribution in [2.24, 2.45) is 0 Å². The molecular formula is C16H14F3NO2. The number of amides is 1. The topological polar surface area (TPSA) is 38.3 Å². The van der Waals surface area contributed by atoms with E-state index in [4.69, 9.17) is 4.74 Å². The lowest BCUT2D eigenvalue weighted by molar-refractivity contribution is -0.138. The molecule has 0 aliphatic carbocycles. The predicted octanol–water partition coefficient (Wildman–Crippen LogP) is 4.85.